The average molecular weight is 473 g/mol. The number of nitrogens with one attached hydrogen (secondary N) is 2. The molecule has 1 heterocycles. The number of likely N-dealkylation sites (N-methyl/N-ethyl adjacent to an activating group) is 1. The van der Waals surface area contributed by atoms with Gasteiger partial charge in [-0.25, -0.2) is 0 Å². The molecule has 2 amide bonds. The minimum Gasteiger partial charge on any atom is -0.367 e. The van der Waals surface area contributed by atoms with Crippen molar-refractivity contribution in [2.75, 3.05) is 42.9 Å². The van der Waals surface area contributed by atoms with E-state index in [1.165, 1.54) is 6.92 Å². The molecule has 0 spiro atoms. The average Bonchev–Trinajstić information content (AvgIpc) is 2.74. The van der Waals surface area contributed by atoms with E-state index in [-0.39, 0.29) is 24.3 Å². The van der Waals surface area contributed by atoms with E-state index in [0.717, 1.165) is 54.1 Å². The van der Waals surface area contributed by atoms with Gasteiger partial charge in [-0.15, -0.1) is 0 Å². The molecule has 1 aliphatic heterocycles. The van der Waals surface area contributed by atoms with Gasteiger partial charge >= 0.3 is 0 Å². The second kappa shape index (κ2) is 10.6. The lowest BCUT2D eigenvalue weighted by molar-refractivity contribution is -0.120. The molecule has 6 nitrogen and oxygen atoms in total. The Kier molecular flexibility index (Phi) is 7.87. The predicted octanol–water partition coefficient (Wildman–Crippen LogP) is 3.80. The molecule has 0 aromatic heterocycles. The van der Waals surface area contributed by atoms with E-state index in [9.17, 15) is 9.59 Å². The number of amides is 2. The lowest BCUT2D eigenvalue weighted by Gasteiger charge is -2.36. The van der Waals surface area contributed by atoms with Gasteiger partial charge in [-0.3, -0.25) is 9.59 Å². The highest BCUT2D eigenvalue weighted by molar-refractivity contribution is 9.10. The Morgan fingerprint density at radius 3 is 2.33 bits per heavy atom. The number of hydrogen-bond donors (Lipinski definition) is 2. The number of benzene rings is 2. The summed E-state index contributed by atoms with van der Waals surface area (Å²) >= 11 is 3.42. The molecule has 0 bridgehead atoms. The summed E-state index contributed by atoms with van der Waals surface area (Å²) in [6.07, 6.45) is 0.166. The van der Waals surface area contributed by atoms with Gasteiger partial charge in [-0.2, -0.15) is 0 Å². The van der Waals surface area contributed by atoms with Crippen LogP contribution < -0.4 is 15.5 Å². The van der Waals surface area contributed by atoms with Crippen molar-refractivity contribution in [3.63, 3.8) is 0 Å². The summed E-state index contributed by atoms with van der Waals surface area (Å²) < 4.78 is 0.953. The van der Waals surface area contributed by atoms with Crippen molar-refractivity contribution in [1.29, 1.82) is 0 Å². The zero-order valence-electron chi connectivity index (χ0n) is 17.5. The van der Waals surface area contributed by atoms with E-state index in [2.05, 4.69) is 49.4 Å². The van der Waals surface area contributed by atoms with Crippen LogP contribution in [0.2, 0.25) is 0 Å². The maximum Gasteiger partial charge on any atom is 0.226 e. The van der Waals surface area contributed by atoms with Gasteiger partial charge in [0.2, 0.25) is 11.8 Å². The highest BCUT2D eigenvalue weighted by atomic mass is 79.9. The highest BCUT2D eigenvalue weighted by Crippen LogP contribution is 2.28. The lowest BCUT2D eigenvalue weighted by atomic mass is 10.0. The van der Waals surface area contributed by atoms with Crippen molar-refractivity contribution in [3.8, 4) is 0 Å². The maximum atomic E-state index is 12.9. The van der Waals surface area contributed by atoms with Gasteiger partial charge in [-0.05, 0) is 36.4 Å². The normalized spacial score (nSPS) is 15.5. The number of carbonyl (C=O) groups excluding carboxylic acids is 2. The molecule has 30 heavy (non-hydrogen) atoms. The first-order chi connectivity index (χ1) is 14.5. The van der Waals surface area contributed by atoms with Crippen molar-refractivity contribution < 1.29 is 9.59 Å². The van der Waals surface area contributed by atoms with Gasteiger partial charge in [0, 0.05) is 37.6 Å². The summed E-state index contributed by atoms with van der Waals surface area (Å²) in [5.41, 5.74) is 2.75. The topological polar surface area (TPSA) is 64.7 Å². The molecule has 1 unspecified atom stereocenters. The zero-order chi connectivity index (χ0) is 21.5. The van der Waals surface area contributed by atoms with E-state index < -0.39 is 0 Å². The van der Waals surface area contributed by atoms with Crippen molar-refractivity contribution in [1.82, 2.24) is 10.2 Å². The molecule has 160 valence electrons. The summed E-state index contributed by atoms with van der Waals surface area (Å²) in [6.45, 7) is 8.63. The van der Waals surface area contributed by atoms with E-state index in [1.807, 2.05) is 42.5 Å². The summed E-state index contributed by atoms with van der Waals surface area (Å²) in [4.78, 5) is 29.3. The number of piperazine rings is 1. The fourth-order valence-electron chi connectivity index (χ4n) is 3.74. The molecule has 0 radical (unpaired) electrons. The first kappa shape index (κ1) is 22.3. The number of carbonyl (C=O) groups is 2. The van der Waals surface area contributed by atoms with Gasteiger partial charge in [0.25, 0.3) is 0 Å². The van der Waals surface area contributed by atoms with Crippen LogP contribution in [-0.2, 0) is 9.59 Å². The standard InChI is InChI=1S/C23H29BrN4O2/c1-3-27-12-14-28(15-13-27)22-7-5-4-6-20(22)26-23(30)16-21(25-17(2)29)18-8-10-19(24)11-9-18/h4-11,21H,3,12-16H2,1-2H3,(H,25,29)(H,26,30). The Labute approximate surface area is 186 Å². The van der Waals surface area contributed by atoms with Crippen molar-refractivity contribution in [2.45, 2.75) is 26.3 Å². The van der Waals surface area contributed by atoms with Crippen molar-refractivity contribution >= 4 is 39.1 Å². The van der Waals surface area contributed by atoms with Crippen molar-refractivity contribution in [3.05, 3.63) is 58.6 Å². The van der Waals surface area contributed by atoms with Crippen LogP contribution in [-0.4, -0.2) is 49.4 Å². The van der Waals surface area contributed by atoms with Gasteiger partial charge in [0.05, 0.1) is 23.8 Å². The molecule has 3 rings (SSSR count). The van der Waals surface area contributed by atoms with Gasteiger partial charge in [-0.1, -0.05) is 47.1 Å². The molecule has 1 aliphatic rings. The molecule has 7 heteroatoms. The Balaban J connectivity index is 1.70. The lowest BCUT2D eigenvalue weighted by Crippen LogP contribution is -2.46. The Morgan fingerprint density at radius 1 is 1.03 bits per heavy atom. The Hall–Kier alpha value is -2.38. The number of halogens is 1. The smallest absolute Gasteiger partial charge is 0.226 e. The monoisotopic (exact) mass is 472 g/mol. The van der Waals surface area contributed by atoms with E-state index in [4.69, 9.17) is 0 Å². The summed E-state index contributed by atoms with van der Waals surface area (Å²) in [5, 5.41) is 5.95. The van der Waals surface area contributed by atoms with Gasteiger partial charge < -0.3 is 20.4 Å². The number of hydrogen-bond acceptors (Lipinski definition) is 4. The van der Waals surface area contributed by atoms with Crippen LogP contribution in [0.4, 0.5) is 11.4 Å². The molecule has 1 fully saturated rings. The predicted molar refractivity (Wildman–Crippen MR) is 125 cm³/mol. The minimum atomic E-state index is -0.379. The SMILES string of the molecule is CCN1CCN(c2ccccc2NC(=O)CC(NC(C)=O)c2ccc(Br)cc2)CC1. The Morgan fingerprint density at radius 2 is 1.70 bits per heavy atom. The molecule has 1 saturated heterocycles. The number of anilines is 2. The first-order valence-corrected chi connectivity index (χ1v) is 11.1. The molecule has 1 atom stereocenters. The van der Waals surface area contributed by atoms with Gasteiger partial charge in [0.1, 0.15) is 0 Å². The summed E-state index contributed by atoms with van der Waals surface area (Å²) in [7, 11) is 0. The number of nitrogens with zero attached hydrogens (tertiary/aromatic N) is 2. The molecule has 0 aliphatic carbocycles. The van der Waals surface area contributed by atoms with Crippen LogP contribution in [0.3, 0.4) is 0 Å². The summed E-state index contributed by atoms with van der Waals surface area (Å²) in [5.74, 6) is -0.291. The van der Waals surface area contributed by atoms with Crippen LogP contribution in [0.1, 0.15) is 31.9 Å². The molecular weight excluding hydrogens is 444 g/mol. The zero-order valence-corrected chi connectivity index (χ0v) is 19.1. The molecular formula is C23H29BrN4O2. The molecule has 2 aromatic rings. The van der Waals surface area contributed by atoms with Crippen LogP contribution in [0.25, 0.3) is 0 Å². The fraction of sp³-hybridized carbons (Fsp3) is 0.391. The van der Waals surface area contributed by atoms with Crippen LogP contribution in [0.15, 0.2) is 53.0 Å². The molecule has 2 N–H and O–H groups in total. The second-order valence-electron chi connectivity index (χ2n) is 7.50. The number of rotatable bonds is 7. The largest absolute Gasteiger partial charge is 0.367 e. The summed E-state index contributed by atoms with van der Waals surface area (Å²) in [6, 6.07) is 15.2. The molecule has 0 saturated carbocycles. The minimum absolute atomic E-state index is 0.128. The number of para-hydroxylation sites is 2. The highest BCUT2D eigenvalue weighted by Gasteiger charge is 2.21. The van der Waals surface area contributed by atoms with E-state index in [1.54, 1.807) is 0 Å². The van der Waals surface area contributed by atoms with Crippen LogP contribution in [0, 0.1) is 0 Å². The third-order valence-electron chi connectivity index (χ3n) is 5.38. The van der Waals surface area contributed by atoms with Gasteiger partial charge in [0.15, 0.2) is 0 Å². The van der Waals surface area contributed by atoms with E-state index in [0.29, 0.717) is 0 Å². The quantitative estimate of drug-likeness (QED) is 0.643. The second-order valence-corrected chi connectivity index (χ2v) is 8.41. The van der Waals surface area contributed by atoms with Crippen molar-refractivity contribution in [2.24, 2.45) is 0 Å². The molecule has 2 aromatic carbocycles. The van der Waals surface area contributed by atoms with E-state index >= 15 is 0 Å². The third-order valence-corrected chi connectivity index (χ3v) is 5.91. The third kappa shape index (κ3) is 6.06. The van der Waals surface area contributed by atoms with Crippen LogP contribution in [0.5, 0.6) is 0 Å². The maximum absolute atomic E-state index is 12.9. The first-order valence-electron chi connectivity index (χ1n) is 10.3. The Bertz CT molecular complexity index is 864. The fourth-order valence-corrected chi connectivity index (χ4v) is 4.00. The van der Waals surface area contributed by atoms with Crippen LogP contribution >= 0.6 is 15.9 Å².